The topological polar surface area (TPSA) is 54.0 Å². The Kier molecular flexibility index (Phi) is 5.18. The summed E-state index contributed by atoms with van der Waals surface area (Å²) in [6.45, 7) is 3.08. The fourth-order valence-electron chi connectivity index (χ4n) is 1.92. The van der Waals surface area contributed by atoms with Crippen LogP contribution in [-0.2, 0) is 4.79 Å². The summed E-state index contributed by atoms with van der Waals surface area (Å²) in [6, 6.07) is 7.39. The van der Waals surface area contributed by atoms with Gasteiger partial charge in [-0.15, -0.1) is 0 Å². The van der Waals surface area contributed by atoms with E-state index in [1.165, 1.54) is 0 Å². The molecule has 0 radical (unpaired) electrons. The second-order valence-electron chi connectivity index (χ2n) is 4.58. The fourth-order valence-corrected chi connectivity index (χ4v) is 2.08. The van der Waals surface area contributed by atoms with Crippen LogP contribution in [0.15, 0.2) is 30.5 Å². The summed E-state index contributed by atoms with van der Waals surface area (Å²) in [6.07, 6.45) is 3.78. The molecule has 0 aliphatic rings. The maximum Gasteiger partial charge on any atom is 0.239 e. The van der Waals surface area contributed by atoms with Gasteiger partial charge in [0.05, 0.1) is 12.1 Å². The number of hydrogen-bond donors (Lipinski definition) is 2. The molecule has 4 nitrogen and oxygen atoms in total. The van der Waals surface area contributed by atoms with Crippen molar-refractivity contribution in [3.63, 3.8) is 0 Å². The minimum Gasteiger partial charge on any atom is -0.376 e. The molecule has 0 bridgehead atoms. The fraction of sp³-hybridized carbons (Fsp3) is 0.333. The van der Waals surface area contributed by atoms with Crippen LogP contribution in [0.25, 0.3) is 10.9 Å². The van der Waals surface area contributed by atoms with Crippen LogP contribution in [-0.4, -0.2) is 24.0 Å². The number of rotatable bonds is 6. The van der Waals surface area contributed by atoms with Crippen molar-refractivity contribution in [2.75, 3.05) is 18.4 Å². The van der Waals surface area contributed by atoms with E-state index in [9.17, 15) is 4.79 Å². The molecular formula is C15H18ClN3O. The molecule has 0 fully saturated rings. The highest BCUT2D eigenvalue weighted by Crippen LogP contribution is 2.24. The number of nitrogens with one attached hydrogen (secondary N) is 2. The van der Waals surface area contributed by atoms with E-state index in [4.69, 9.17) is 11.6 Å². The lowest BCUT2D eigenvalue weighted by molar-refractivity contribution is -0.119. The third-order valence-corrected chi connectivity index (χ3v) is 3.23. The molecule has 1 aromatic carbocycles. The third-order valence-electron chi connectivity index (χ3n) is 3.00. The number of carbonyl (C=O) groups excluding carboxylic acids is 1. The largest absolute Gasteiger partial charge is 0.376 e. The summed E-state index contributed by atoms with van der Waals surface area (Å²) >= 11 is 5.94. The Morgan fingerprint density at radius 1 is 1.35 bits per heavy atom. The van der Waals surface area contributed by atoms with Gasteiger partial charge in [0.15, 0.2) is 0 Å². The summed E-state index contributed by atoms with van der Waals surface area (Å²) < 4.78 is 0. The summed E-state index contributed by atoms with van der Waals surface area (Å²) in [5, 5.41) is 7.62. The molecular weight excluding hydrogens is 274 g/mol. The van der Waals surface area contributed by atoms with Gasteiger partial charge in [-0.1, -0.05) is 24.9 Å². The maximum absolute atomic E-state index is 11.7. The number of unbranched alkanes of at least 4 members (excludes halogenated alkanes) is 1. The summed E-state index contributed by atoms with van der Waals surface area (Å²) in [7, 11) is 0. The van der Waals surface area contributed by atoms with Gasteiger partial charge in [-0.05, 0) is 30.7 Å². The molecule has 5 heteroatoms. The van der Waals surface area contributed by atoms with Crippen LogP contribution in [0.3, 0.4) is 0 Å². The van der Waals surface area contributed by atoms with Gasteiger partial charge < -0.3 is 10.6 Å². The highest BCUT2D eigenvalue weighted by Gasteiger charge is 2.04. The first-order chi connectivity index (χ1) is 9.70. The highest BCUT2D eigenvalue weighted by atomic mass is 35.5. The molecule has 0 unspecified atom stereocenters. The van der Waals surface area contributed by atoms with Crippen molar-refractivity contribution in [2.24, 2.45) is 0 Å². The van der Waals surface area contributed by atoms with Crippen LogP contribution < -0.4 is 10.6 Å². The normalized spacial score (nSPS) is 10.5. The first-order valence-electron chi connectivity index (χ1n) is 6.75. The zero-order valence-electron chi connectivity index (χ0n) is 11.4. The number of anilines is 1. The Bertz CT molecular complexity index is 601. The molecule has 0 saturated heterocycles. The zero-order valence-corrected chi connectivity index (χ0v) is 12.2. The number of carbonyl (C=O) groups is 1. The number of pyridine rings is 1. The summed E-state index contributed by atoms with van der Waals surface area (Å²) in [5.41, 5.74) is 1.70. The Morgan fingerprint density at radius 3 is 3.00 bits per heavy atom. The van der Waals surface area contributed by atoms with Crippen molar-refractivity contribution in [1.29, 1.82) is 0 Å². The first kappa shape index (κ1) is 14.6. The number of hydrogen-bond acceptors (Lipinski definition) is 3. The quantitative estimate of drug-likeness (QED) is 0.804. The van der Waals surface area contributed by atoms with Crippen molar-refractivity contribution in [3.05, 3.63) is 35.5 Å². The molecule has 20 heavy (non-hydrogen) atoms. The lowest BCUT2D eigenvalue weighted by atomic mass is 10.2. The molecule has 0 aliphatic carbocycles. The maximum atomic E-state index is 11.7. The van der Waals surface area contributed by atoms with E-state index in [0.717, 1.165) is 36.0 Å². The number of halogens is 1. The summed E-state index contributed by atoms with van der Waals surface area (Å²) in [5.74, 6) is -0.00243. The number of amides is 1. The van der Waals surface area contributed by atoms with Crippen LogP contribution >= 0.6 is 11.6 Å². The van der Waals surface area contributed by atoms with Crippen molar-refractivity contribution < 1.29 is 4.79 Å². The Morgan fingerprint density at radius 2 is 2.20 bits per heavy atom. The second-order valence-corrected chi connectivity index (χ2v) is 5.01. The summed E-state index contributed by atoms with van der Waals surface area (Å²) in [4.78, 5) is 15.9. The van der Waals surface area contributed by atoms with Crippen LogP contribution in [0.2, 0.25) is 5.02 Å². The van der Waals surface area contributed by atoms with E-state index in [-0.39, 0.29) is 12.5 Å². The van der Waals surface area contributed by atoms with Gasteiger partial charge in [0, 0.05) is 28.8 Å². The molecule has 1 heterocycles. The van der Waals surface area contributed by atoms with Crippen LogP contribution in [0, 0.1) is 0 Å². The molecule has 1 amide bonds. The molecule has 0 atom stereocenters. The SMILES string of the molecule is CCCCNC(=O)CNc1ccnc2cc(Cl)ccc12. The van der Waals surface area contributed by atoms with Gasteiger partial charge in [-0.2, -0.15) is 0 Å². The minimum absolute atomic E-state index is 0.00243. The van der Waals surface area contributed by atoms with Crippen molar-refractivity contribution in [2.45, 2.75) is 19.8 Å². The molecule has 106 valence electrons. The van der Waals surface area contributed by atoms with Crippen molar-refractivity contribution >= 4 is 34.1 Å². The third kappa shape index (κ3) is 3.84. The van der Waals surface area contributed by atoms with E-state index >= 15 is 0 Å². The second kappa shape index (κ2) is 7.10. The predicted octanol–water partition coefficient (Wildman–Crippen LogP) is 3.22. The van der Waals surface area contributed by atoms with E-state index in [2.05, 4.69) is 22.5 Å². The van der Waals surface area contributed by atoms with Gasteiger partial charge in [0.1, 0.15) is 0 Å². The highest BCUT2D eigenvalue weighted by molar-refractivity contribution is 6.31. The Hall–Kier alpha value is -1.81. The predicted molar refractivity (Wildman–Crippen MR) is 83.2 cm³/mol. The average molecular weight is 292 g/mol. The number of nitrogens with zero attached hydrogens (tertiary/aromatic N) is 1. The van der Waals surface area contributed by atoms with Crippen LogP contribution in [0.5, 0.6) is 0 Å². The zero-order chi connectivity index (χ0) is 14.4. The first-order valence-corrected chi connectivity index (χ1v) is 7.13. The van der Waals surface area contributed by atoms with Crippen LogP contribution in [0.4, 0.5) is 5.69 Å². The number of fused-ring (bicyclic) bond motifs is 1. The lowest BCUT2D eigenvalue weighted by Crippen LogP contribution is -2.30. The van der Waals surface area contributed by atoms with E-state index < -0.39 is 0 Å². The van der Waals surface area contributed by atoms with Gasteiger partial charge in [-0.3, -0.25) is 9.78 Å². The molecule has 2 N–H and O–H groups in total. The molecule has 0 aliphatic heterocycles. The van der Waals surface area contributed by atoms with E-state index in [0.29, 0.717) is 5.02 Å². The van der Waals surface area contributed by atoms with Crippen molar-refractivity contribution in [3.8, 4) is 0 Å². The Labute approximate surface area is 123 Å². The molecule has 0 saturated carbocycles. The smallest absolute Gasteiger partial charge is 0.239 e. The minimum atomic E-state index is -0.00243. The van der Waals surface area contributed by atoms with Gasteiger partial charge >= 0.3 is 0 Å². The Balaban J connectivity index is 2.01. The van der Waals surface area contributed by atoms with E-state index in [1.54, 1.807) is 6.20 Å². The van der Waals surface area contributed by atoms with Gasteiger partial charge in [0.2, 0.25) is 5.91 Å². The van der Waals surface area contributed by atoms with Gasteiger partial charge in [-0.25, -0.2) is 0 Å². The molecule has 0 spiro atoms. The molecule has 1 aromatic heterocycles. The van der Waals surface area contributed by atoms with Crippen LogP contribution in [0.1, 0.15) is 19.8 Å². The number of benzene rings is 1. The number of aromatic nitrogens is 1. The van der Waals surface area contributed by atoms with Crippen molar-refractivity contribution in [1.82, 2.24) is 10.3 Å². The monoisotopic (exact) mass is 291 g/mol. The van der Waals surface area contributed by atoms with Gasteiger partial charge in [0.25, 0.3) is 0 Å². The molecule has 2 aromatic rings. The lowest BCUT2D eigenvalue weighted by Gasteiger charge is -2.10. The van der Waals surface area contributed by atoms with E-state index in [1.807, 2.05) is 24.3 Å². The molecule has 2 rings (SSSR count). The standard InChI is InChI=1S/C15H18ClN3O/c1-2-3-7-18-15(20)10-19-13-6-8-17-14-9-11(16)4-5-12(13)14/h4-6,8-9H,2-3,7,10H2,1H3,(H,17,19)(H,18,20). The average Bonchev–Trinajstić information content (AvgIpc) is 2.45.